The Morgan fingerprint density at radius 2 is 1.79 bits per heavy atom. The van der Waals surface area contributed by atoms with Crippen molar-refractivity contribution >= 4 is 27.0 Å². The van der Waals surface area contributed by atoms with Crippen molar-refractivity contribution in [3.63, 3.8) is 0 Å². The Balaban J connectivity index is 2.02. The van der Waals surface area contributed by atoms with Crippen LogP contribution in [0.1, 0.15) is 51.5 Å². The van der Waals surface area contributed by atoms with E-state index < -0.39 is 10.0 Å². The standard InChI is InChI=1S/C22H34N2O2S2/c1-4-8-18(9-6-7-14-23-5-2)15-20-16-27-17-22(20)19-10-12-21(13-11-19)24-28(3,25)26/h10-13,16-18,23-24H,4-9,14-15H2,1-3H3. The molecule has 156 valence electrons. The first-order valence-electron chi connectivity index (χ1n) is 10.3. The van der Waals surface area contributed by atoms with Crippen LogP contribution in [0.3, 0.4) is 0 Å². The van der Waals surface area contributed by atoms with Gasteiger partial charge in [-0.1, -0.05) is 51.7 Å². The average Bonchev–Trinajstić information content (AvgIpc) is 3.09. The van der Waals surface area contributed by atoms with E-state index in [-0.39, 0.29) is 0 Å². The Bertz CT molecular complexity index is 798. The predicted molar refractivity (Wildman–Crippen MR) is 123 cm³/mol. The molecule has 0 saturated carbocycles. The summed E-state index contributed by atoms with van der Waals surface area (Å²) in [7, 11) is -3.24. The molecule has 0 aliphatic rings. The first-order chi connectivity index (χ1) is 13.4. The first-order valence-corrected chi connectivity index (χ1v) is 13.1. The zero-order valence-electron chi connectivity index (χ0n) is 17.3. The maximum Gasteiger partial charge on any atom is 0.229 e. The quantitative estimate of drug-likeness (QED) is 0.418. The maximum absolute atomic E-state index is 11.4. The highest BCUT2D eigenvalue weighted by Crippen LogP contribution is 2.32. The molecule has 1 aromatic heterocycles. The van der Waals surface area contributed by atoms with Gasteiger partial charge in [0, 0.05) is 5.69 Å². The number of rotatable bonds is 13. The fourth-order valence-electron chi connectivity index (χ4n) is 3.59. The average molecular weight is 423 g/mol. The van der Waals surface area contributed by atoms with Gasteiger partial charge in [-0.25, -0.2) is 8.42 Å². The summed E-state index contributed by atoms with van der Waals surface area (Å²) in [6.07, 6.45) is 8.60. The van der Waals surface area contributed by atoms with Crippen molar-refractivity contribution in [1.82, 2.24) is 5.32 Å². The van der Waals surface area contributed by atoms with Gasteiger partial charge in [0.05, 0.1) is 6.26 Å². The molecule has 28 heavy (non-hydrogen) atoms. The Morgan fingerprint density at radius 1 is 1.04 bits per heavy atom. The van der Waals surface area contributed by atoms with E-state index in [4.69, 9.17) is 0 Å². The summed E-state index contributed by atoms with van der Waals surface area (Å²) in [6, 6.07) is 7.68. The second-order valence-corrected chi connectivity index (χ2v) is 9.96. The van der Waals surface area contributed by atoms with Crippen molar-refractivity contribution < 1.29 is 8.42 Å². The number of hydrogen-bond acceptors (Lipinski definition) is 4. The molecule has 2 rings (SSSR count). The van der Waals surface area contributed by atoms with Crippen LogP contribution in [0.15, 0.2) is 35.0 Å². The van der Waals surface area contributed by atoms with Crippen molar-refractivity contribution in [2.75, 3.05) is 24.1 Å². The van der Waals surface area contributed by atoms with E-state index >= 15 is 0 Å². The van der Waals surface area contributed by atoms with Crippen LogP contribution in [0.4, 0.5) is 5.69 Å². The van der Waals surface area contributed by atoms with Gasteiger partial charge in [-0.3, -0.25) is 4.72 Å². The van der Waals surface area contributed by atoms with Crippen molar-refractivity contribution in [2.45, 2.75) is 52.4 Å². The Kier molecular flexibility index (Phi) is 9.48. The molecule has 4 nitrogen and oxygen atoms in total. The fraction of sp³-hybridized carbons (Fsp3) is 0.545. The third-order valence-electron chi connectivity index (χ3n) is 4.91. The van der Waals surface area contributed by atoms with Crippen LogP contribution in [0.5, 0.6) is 0 Å². The molecule has 1 atom stereocenters. The third-order valence-corrected chi connectivity index (χ3v) is 6.31. The first kappa shape index (κ1) is 22.9. The lowest BCUT2D eigenvalue weighted by atomic mass is 9.89. The fourth-order valence-corrected chi connectivity index (χ4v) is 5.04. The van der Waals surface area contributed by atoms with Gasteiger partial charge in [0.25, 0.3) is 0 Å². The normalized spacial score (nSPS) is 12.8. The second kappa shape index (κ2) is 11.6. The molecular formula is C22H34N2O2S2. The molecule has 0 aliphatic heterocycles. The van der Waals surface area contributed by atoms with Crippen LogP contribution in [0.2, 0.25) is 0 Å². The molecule has 6 heteroatoms. The summed E-state index contributed by atoms with van der Waals surface area (Å²) in [5.41, 5.74) is 4.45. The van der Waals surface area contributed by atoms with Gasteiger partial charge >= 0.3 is 0 Å². The molecule has 2 N–H and O–H groups in total. The molecule has 0 aliphatic carbocycles. The highest BCUT2D eigenvalue weighted by molar-refractivity contribution is 7.92. The molecular weight excluding hydrogens is 388 g/mol. The molecule has 2 aromatic rings. The Hall–Kier alpha value is -1.37. The summed E-state index contributed by atoms with van der Waals surface area (Å²) in [4.78, 5) is 0. The van der Waals surface area contributed by atoms with Crippen LogP contribution in [0, 0.1) is 5.92 Å². The van der Waals surface area contributed by atoms with Crippen molar-refractivity contribution in [2.24, 2.45) is 5.92 Å². The van der Waals surface area contributed by atoms with E-state index in [1.54, 1.807) is 11.3 Å². The smallest absolute Gasteiger partial charge is 0.229 e. The van der Waals surface area contributed by atoms with Gasteiger partial charge in [-0.05, 0) is 71.4 Å². The number of thiophene rings is 1. The monoisotopic (exact) mass is 422 g/mol. The van der Waals surface area contributed by atoms with Gasteiger partial charge < -0.3 is 5.32 Å². The van der Waals surface area contributed by atoms with Gasteiger partial charge in [0.1, 0.15) is 0 Å². The number of anilines is 1. The van der Waals surface area contributed by atoms with E-state index in [0.29, 0.717) is 5.69 Å². The van der Waals surface area contributed by atoms with Gasteiger partial charge in [0.15, 0.2) is 0 Å². The molecule has 1 aromatic carbocycles. The summed E-state index contributed by atoms with van der Waals surface area (Å²) in [5.74, 6) is 0.728. The Morgan fingerprint density at radius 3 is 2.43 bits per heavy atom. The largest absolute Gasteiger partial charge is 0.317 e. The second-order valence-electron chi connectivity index (χ2n) is 7.47. The van der Waals surface area contributed by atoms with E-state index in [1.807, 2.05) is 24.3 Å². The lowest BCUT2D eigenvalue weighted by Gasteiger charge is -2.17. The molecule has 0 bridgehead atoms. The number of unbranched alkanes of at least 4 members (excludes halogenated alkanes) is 1. The zero-order chi connectivity index (χ0) is 20.4. The molecule has 1 unspecified atom stereocenters. The molecule has 0 spiro atoms. The van der Waals surface area contributed by atoms with E-state index in [0.717, 1.165) is 31.0 Å². The highest BCUT2D eigenvalue weighted by atomic mass is 32.2. The molecule has 0 saturated heterocycles. The molecule has 0 fully saturated rings. The van der Waals surface area contributed by atoms with Crippen molar-refractivity contribution in [3.05, 3.63) is 40.6 Å². The lowest BCUT2D eigenvalue weighted by Crippen LogP contribution is -2.14. The summed E-state index contributed by atoms with van der Waals surface area (Å²) in [6.45, 7) is 6.59. The summed E-state index contributed by atoms with van der Waals surface area (Å²) in [5, 5.41) is 7.90. The van der Waals surface area contributed by atoms with Crippen molar-refractivity contribution in [1.29, 1.82) is 0 Å². The van der Waals surface area contributed by atoms with Gasteiger partial charge in [-0.15, -0.1) is 0 Å². The Labute approximate surface area is 174 Å². The topological polar surface area (TPSA) is 58.2 Å². The molecule has 1 heterocycles. The van der Waals surface area contributed by atoms with E-state index in [2.05, 4.69) is 34.6 Å². The minimum absolute atomic E-state index is 0.604. The number of benzene rings is 1. The van der Waals surface area contributed by atoms with E-state index in [9.17, 15) is 8.42 Å². The zero-order valence-corrected chi connectivity index (χ0v) is 19.0. The van der Waals surface area contributed by atoms with Gasteiger partial charge in [-0.2, -0.15) is 11.3 Å². The maximum atomic E-state index is 11.4. The van der Waals surface area contributed by atoms with Crippen LogP contribution in [0.25, 0.3) is 11.1 Å². The van der Waals surface area contributed by atoms with Crippen LogP contribution in [-0.4, -0.2) is 27.8 Å². The minimum Gasteiger partial charge on any atom is -0.317 e. The third kappa shape index (κ3) is 7.94. The van der Waals surface area contributed by atoms with Crippen molar-refractivity contribution in [3.8, 4) is 11.1 Å². The highest BCUT2D eigenvalue weighted by Gasteiger charge is 2.14. The molecule has 0 radical (unpaired) electrons. The summed E-state index contributed by atoms with van der Waals surface area (Å²) < 4.78 is 25.3. The SMILES string of the molecule is CCCC(CCCCNCC)Cc1cscc1-c1ccc(NS(C)(=O)=O)cc1. The number of sulfonamides is 1. The van der Waals surface area contributed by atoms with E-state index in [1.165, 1.54) is 49.5 Å². The van der Waals surface area contributed by atoms with Crippen LogP contribution >= 0.6 is 11.3 Å². The predicted octanol–water partition coefficient (Wildman–Crippen LogP) is 5.53. The summed E-state index contributed by atoms with van der Waals surface area (Å²) >= 11 is 1.75. The van der Waals surface area contributed by atoms with Gasteiger partial charge in [0.2, 0.25) is 10.0 Å². The van der Waals surface area contributed by atoms with Crippen LogP contribution < -0.4 is 10.0 Å². The number of nitrogens with one attached hydrogen (secondary N) is 2. The van der Waals surface area contributed by atoms with Crippen LogP contribution in [-0.2, 0) is 16.4 Å². The molecule has 0 amide bonds. The number of hydrogen-bond donors (Lipinski definition) is 2. The minimum atomic E-state index is -3.24. The lowest BCUT2D eigenvalue weighted by molar-refractivity contribution is 0.421.